The van der Waals surface area contributed by atoms with E-state index in [1.54, 1.807) is 30.2 Å². The summed E-state index contributed by atoms with van der Waals surface area (Å²) < 4.78 is 22.8. The third-order valence-corrected chi connectivity index (χ3v) is 3.95. The van der Waals surface area contributed by atoms with Crippen LogP contribution < -0.4 is 4.74 Å². The molecule has 5 nitrogen and oxygen atoms in total. The van der Waals surface area contributed by atoms with Crippen LogP contribution in [0.5, 0.6) is 5.75 Å². The highest BCUT2D eigenvalue weighted by Crippen LogP contribution is 2.14. The molecule has 0 heterocycles. The lowest BCUT2D eigenvalue weighted by molar-refractivity contribution is -0.141. The van der Waals surface area contributed by atoms with Gasteiger partial charge in [0.15, 0.2) is 0 Å². The summed E-state index contributed by atoms with van der Waals surface area (Å²) in [6.07, 6.45) is 3.12. The van der Waals surface area contributed by atoms with Crippen molar-refractivity contribution in [2.45, 2.75) is 13.0 Å². The molecule has 27 heavy (non-hydrogen) atoms. The summed E-state index contributed by atoms with van der Waals surface area (Å²) >= 11 is 0. The number of esters is 1. The van der Waals surface area contributed by atoms with Gasteiger partial charge in [0.25, 0.3) is 0 Å². The van der Waals surface area contributed by atoms with Gasteiger partial charge in [-0.15, -0.1) is 0 Å². The fraction of sp³-hybridized carbons (Fsp3) is 0.238. The summed E-state index contributed by atoms with van der Waals surface area (Å²) in [7, 11) is 2.90. The van der Waals surface area contributed by atoms with Crippen LogP contribution in [0.15, 0.2) is 54.6 Å². The van der Waals surface area contributed by atoms with Gasteiger partial charge >= 0.3 is 5.97 Å². The molecule has 0 bridgehead atoms. The second kappa shape index (κ2) is 10.1. The third-order valence-electron chi connectivity index (χ3n) is 3.95. The van der Waals surface area contributed by atoms with Crippen molar-refractivity contribution in [3.8, 4) is 5.75 Å². The van der Waals surface area contributed by atoms with E-state index in [4.69, 9.17) is 4.74 Å². The fourth-order valence-electron chi connectivity index (χ4n) is 2.39. The van der Waals surface area contributed by atoms with Gasteiger partial charge in [0.2, 0.25) is 5.91 Å². The van der Waals surface area contributed by atoms with E-state index in [-0.39, 0.29) is 30.7 Å². The van der Waals surface area contributed by atoms with Crippen molar-refractivity contribution in [1.29, 1.82) is 0 Å². The van der Waals surface area contributed by atoms with Crippen LogP contribution in [-0.4, -0.2) is 37.5 Å². The summed E-state index contributed by atoms with van der Waals surface area (Å²) in [6, 6.07) is 13.2. The number of rotatable bonds is 8. The second-order valence-electron chi connectivity index (χ2n) is 5.82. The maximum Gasteiger partial charge on any atom is 0.307 e. The van der Waals surface area contributed by atoms with Crippen LogP contribution in [0, 0.1) is 5.82 Å². The van der Waals surface area contributed by atoms with E-state index in [2.05, 4.69) is 4.74 Å². The van der Waals surface area contributed by atoms with Crippen molar-refractivity contribution in [3.63, 3.8) is 0 Å². The van der Waals surface area contributed by atoms with E-state index in [0.717, 1.165) is 11.3 Å². The predicted octanol–water partition coefficient (Wildman–Crippen LogP) is 3.44. The van der Waals surface area contributed by atoms with Crippen LogP contribution in [0.4, 0.5) is 4.39 Å². The number of hydrogen-bond acceptors (Lipinski definition) is 4. The molecule has 0 saturated heterocycles. The van der Waals surface area contributed by atoms with Crippen molar-refractivity contribution in [3.05, 3.63) is 71.6 Å². The molecule has 0 fully saturated rings. The molecule has 2 aromatic carbocycles. The van der Waals surface area contributed by atoms with Gasteiger partial charge in [-0.2, -0.15) is 0 Å². The number of hydrogen-bond donors (Lipinski definition) is 0. The lowest BCUT2D eigenvalue weighted by Crippen LogP contribution is -2.31. The summed E-state index contributed by atoms with van der Waals surface area (Å²) in [5, 5.41) is 0. The average molecular weight is 371 g/mol. The Balaban J connectivity index is 2.10. The molecule has 0 saturated carbocycles. The van der Waals surface area contributed by atoms with Crippen molar-refractivity contribution in [1.82, 2.24) is 4.90 Å². The molecule has 142 valence electrons. The van der Waals surface area contributed by atoms with Crippen LogP contribution in [0.1, 0.15) is 17.5 Å². The molecule has 0 unspecified atom stereocenters. The highest BCUT2D eigenvalue weighted by atomic mass is 19.1. The van der Waals surface area contributed by atoms with Crippen LogP contribution in [0.25, 0.3) is 6.08 Å². The molecule has 0 aliphatic heterocycles. The third kappa shape index (κ3) is 6.58. The number of ether oxygens (including phenoxy) is 2. The van der Waals surface area contributed by atoms with Crippen LogP contribution >= 0.6 is 0 Å². The zero-order valence-electron chi connectivity index (χ0n) is 15.4. The van der Waals surface area contributed by atoms with E-state index in [9.17, 15) is 14.0 Å². The molecule has 0 radical (unpaired) electrons. The first-order valence-electron chi connectivity index (χ1n) is 8.44. The molecular formula is C21H22FNO4. The minimum absolute atomic E-state index is 0.1000. The topological polar surface area (TPSA) is 55.8 Å². The predicted molar refractivity (Wildman–Crippen MR) is 100 cm³/mol. The van der Waals surface area contributed by atoms with Crippen LogP contribution in [0.2, 0.25) is 0 Å². The first kappa shape index (κ1) is 20.2. The van der Waals surface area contributed by atoms with E-state index >= 15 is 0 Å². The number of nitrogens with zero attached hydrogens (tertiary/aromatic N) is 1. The number of amides is 1. The summed E-state index contributed by atoms with van der Waals surface area (Å²) in [4.78, 5) is 25.6. The quantitative estimate of drug-likeness (QED) is 0.527. The molecule has 6 heteroatoms. The Morgan fingerprint density at radius 1 is 1.04 bits per heavy atom. The van der Waals surface area contributed by atoms with Gasteiger partial charge in [0.1, 0.15) is 11.6 Å². The maximum atomic E-state index is 13.0. The fourth-order valence-corrected chi connectivity index (χ4v) is 2.39. The Bertz CT molecular complexity index is 785. The Labute approximate surface area is 158 Å². The maximum absolute atomic E-state index is 13.0. The van der Waals surface area contributed by atoms with Crippen molar-refractivity contribution >= 4 is 18.0 Å². The van der Waals surface area contributed by atoms with Gasteiger partial charge in [0, 0.05) is 19.2 Å². The van der Waals surface area contributed by atoms with E-state index in [1.807, 2.05) is 24.3 Å². The molecule has 2 rings (SSSR count). The number of methoxy groups -OCH3 is 2. The average Bonchev–Trinajstić information content (AvgIpc) is 2.70. The van der Waals surface area contributed by atoms with Crippen molar-refractivity contribution < 1.29 is 23.5 Å². The SMILES string of the molecule is COC(=O)CCN(Cc1ccc(OC)cc1)C(=O)/C=C/c1ccc(F)cc1. The Hall–Kier alpha value is -3.15. The van der Waals surface area contributed by atoms with Crippen LogP contribution in [-0.2, 0) is 20.9 Å². The number of halogens is 1. The highest BCUT2D eigenvalue weighted by molar-refractivity contribution is 5.92. The minimum atomic E-state index is -0.384. The summed E-state index contributed by atoms with van der Waals surface area (Å²) in [6.45, 7) is 0.568. The monoisotopic (exact) mass is 371 g/mol. The summed E-state index contributed by atoms with van der Waals surface area (Å²) in [5.74, 6) is -0.246. The summed E-state index contributed by atoms with van der Waals surface area (Å²) in [5.41, 5.74) is 1.62. The molecule has 0 atom stereocenters. The lowest BCUT2D eigenvalue weighted by Gasteiger charge is -2.21. The smallest absolute Gasteiger partial charge is 0.307 e. The van der Waals surface area contributed by atoms with Crippen molar-refractivity contribution in [2.24, 2.45) is 0 Å². The van der Waals surface area contributed by atoms with Gasteiger partial charge in [-0.25, -0.2) is 4.39 Å². The Kier molecular flexibility index (Phi) is 7.55. The molecule has 2 aromatic rings. The van der Waals surface area contributed by atoms with E-state index < -0.39 is 0 Å². The van der Waals surface area contributed by atoms with E-state index in [1.165, 1.54) is 25.3 Å². The number of carbonyl (C=O) groups is 2. The Morgan fingerprint density at radius 3 is 2.30 bits per heavy atom. The zero-order chi connectivity index (χ0) is 19.6. The molecule has 0 aliphatic carbocycles. The zero-order valence-corrected chi connectivity index (χ0v) is 15.4. The van der Waals surface area contributed by atoms with Crippen LogP contribution in [0.3, 0.4) is 0 Å². The van der Waals surface area contributed by atoms with E-state index in [0.29, 0.717) is 12.1 Å². The lowest BCUT2D eigenvalue weighted by atomic mass is 10.1. The number of benzene rings is 2. The standard InChI is InChI=1S/C21H22FNO4/c1-26-19-10-5-17(6-11-19)15-23(14-13-21(25)27-2)20(24)12-7-16-3-8-18(22)9-4-16/h3-12H,13-15H2,1-2H3/b12-7+. The highest BCUT2D eigenvalue weighted by Gasteiger charge is 2.14. The van der Waals surface area contributed by atoms with Gasteiger partial charge in [-0.05, 0) is 41.5 Å². The Morgan fingerprint density at radius 2 is 1.70 bits per heavy atom. The number of carbonyl (C=O) groups excluding carboxylic acids is 2. The largest absolute Gasteiger partial charge is 0.497 e. The van der Waals surface area contributed by atoms with Gasteiger partial charge in [-0.3, -0.25) is 9.59 Å². The van der Waals surface area contributed by atoms with Crippen molar-refractivity contribution in [2.75, 3.05) is 20.8 Å². The molecule has 0 aliphatic rings. The van der Waals surface area contributed by atoms with Gasteiger partial charge < -0.3 is 14.4 Å². The minimum Gasteiger partial charge on any atom is -0.497 e. The van der Waals surface area contributed by atoms with Gasteiger partial charge in [-0.1, -0.05) is 24.3 Å². The van der Waals surface area contributed by atoms with Gasteiger partial charge in [0.05, 0.1) is 20.6 Å². The molecule has 0 N–H and O–H groups in total. The second-order valence-corrected chi connectivity index (χ2v) is 5.82. The molecule has 0 spiro atoms. The first-order chi connectivity index (χ1) is 13.0. The molecule has 1 amide bonds. The first-order valence-corrected chi connectivity index (χ1v) is 8.44. The normalized spacial score (nSPS) is 10.6. The molecular weight excluding hydrogens is 349 g/mol. The molecule has 0 aromatic heterocycles.